The first-order valence-electron chi connectivity index (χ1n) is 10.2. The van der Waals surface area contributed by atoms with E-state index < -0.39 is 0 Å². The van der Waals surface area contributed by atoms with Crippen molar-refractivity contribution in [2.75, 3.05) is 25.3 Å². The molecule has 1 aromatic carbocycles. The summed E-state index contributed by atoms with van der Waals surface area (Å²) >= 11 is 2.63. The van der Waals surface area contributed by atoms with Crippen LogP contribution in [0.15, 0.2) is 58.1 Å². The van der Waals surface area contributed by atoms with Crippen molar-refractivity contribution in [3.63, 3.8) is 0 Å². The van der Waals surface area contributed by atoms with E-state index in [1.165, 1.54) is 23.1 Å². The number of thiazole rings is 1. The number of amides is 1. The van der Waals surface area contributed by atoms with E-state index in [-0.39, 0.29) is 11.7 Å². The lowest BCUT2D eigenvalue weighted by Gasteiger charge is -2.08. The molecule has 11 heteroatoms. The summed E-state index contributed by atoms with van der Waals surface area (Å²) in [6, 6.07) is 7.33. The van der Waals surface area contributed by atoms with E-state index in [0.717, 1.165) is 16.9 Å². The van der Waals surface area contributed by atoms with Gasteiger partial charge in [0, 0.05) is 17.5 Å². The van der Waals surface area contributed by atoms with Crippen molar-refractivity contribution < 1.29 is 18.7 Å². The Morgan fingerprint density at radius 1 is 1.26 bits per heavy atom. The van der Waals surface area contributed by atoms with Crippen molar-refractivity contribution >= 4 is 34.1 Å². The van der Waals surface area contributed by atoms with Gasteiger partial charge >= 0.3 is 0 Å². The summed E-state index contributed by atoms with van der Waals surface area (Å²) in [6.45, 7) is 6.19. The Kier molecular flexibility index (Phi) is 7.33. The minimum atomic E-state index is -0.197. The minimum absolute atomic E-state index is 0.150. The highest BCUT2D eigenvalue weighted by molar-refractivity contribution is 7.99. The van der Waals surface area contributed by atoms with Crippen LogP contribution in [-0.2, 0) is 11.3 Å². The zero-order valence-corrected chi connectivity index (χ0v) is 20.5. The van der Waals surface area contributed by atoms with Gasteiger partial charge in [-0.2, -0.15) is 0 Å². The summed E-state index contributed by atoms with van der Waals surface area (Å²) in [5, 5.41) is 14.4. The molecule has 0 spiro atoms. The van der Waals surface area contributed by atoms with Gasteiger partial charge in [0.2, 0.25) is 5.91 Å². The summed E-state index contributed by atoms with van der Waals surface area (Å²) in [6.07, 6.45) is 3.37. The van der Waals surface area contributed by atoms with Crippen LogP contribution in [0.1, 0.15) is 5.76 Å². The highest BCUT2D eigenvalue weighted by atomic mass is 32.2. The number of thioether (sulfide) groups is 1. The van der Waals surface area contributed by atoms with Gasteiger partial charge in [0.15, 0.2) is 16.1 Å². The number of methoxy groups -OCH3 is 2. The van der Waals surface area contributed by atoms with Crippen molar-refractivity contribution in [3.8, 4) is 34.1 Å². The largest absolute Gasteiger partial charge is 0.497 e. The molecular weight excluding hydrogens is 474 g/mol. The number of anilines is 1. The first-order valence-corrected chi connectivity index (χ1v) is 12.1. The average molecular weight is 498 g/mol. The van der Waals surface area contributed by atoms with E-state index in [9.17, 15) is 4.79 Å². The normalized spacial score (nSPS) is 10.8. The minimum Gasteiger partial charge on any atom is -0.497 e. The molecule has 0 radical (unpaired) electrons. The molecule has 0 unspecified atom stereocenters. The number of allylic oxidation sites excluding steroid dienone is 1. The number of ether oxygens (including phenoxy) is 2. The molecule has 3 aromatic heterocycles. The van der Waals surface area contributed by atoms with Crippen LogP contribution >= 0.6 is 23.1 Å². The van der Waals surface area contributed by atoms with Crippen LogP contribution in [0, 0.1) is 6.92 Å². The standard InChI is InChI=1S/C23H23N5O4S2/c1-5-9-28-21(16-8-10-32-14(16)2)26-27-23(28)34-13-20(29)25-22-24-18(12-33-22)17-11-15(30-3)6-7-19(17)31-4/h5-8,10-12H,1,9,13H2,2-4H3,(H,24,25,29). The number of nitrogens with zero attached hydrogens (tertiary/aromatic N) is 4. The number of carbonyl (C=O) groups is 1. The molecular formula is C23H23N5O4S2. The molecule has 4 aromatic rings. The van der Waals surface area contributed by atoms with Crippen molar-refractivity contribution in [3.05, 3.63) is 54.3 Å². The molecule has 3 heterocycles. The summed E-state index contributed by atoms with van der Waals surface area (Å²) in [7, 11) is 3.20. The van der Waals surface area contributed by atoms with Gasteiger partial charge in [0.25, 0.3) is 0 Å². The second-order valence-electron chi connectivity index (χ2n) is 7.04. The quantitative estimate of drug-likeness (QED) is 0.244. The number of aromatic nitrogens is 4. The maximum Gasteiger partial charge on any atom is 0.236 e. The molecule has 0 atom stereocenters. The van der Waals surface area contributed by atoms with Gasteiger partial charge in [0.1, 0.15) is 17.3 Å². The van der Waals surface area contributed by atoms with Crippen LogP contribution in [0.25, 0.3) is 22.6 Å². The van der Waals surface area contributed by atoms with Crippen molar-refractivity contribution in [2.24, 2.45) is 0 Å². The molecule has 0 saturated heterocycles. The van der Waals surface area contributed by atoms with Gasteiger partial charge in [-0.1, -0.05) is 17.8 Å². The van der Waals surface area contributed by atoms with Crippen LogP contribution in [0.5, 0.6) is 11.5 Å². The lowest BCUT2D eigenvalue weighted by atomic mass is 10.1. The molecule has 1 amide bonds. The van der Waals surface area contributed by atoms with Gasteiger partial charge < -0.3 is 19.2 Å². The summed E-state index contributed by atoms with van der Waals surface area (Å²) in [5.74, 6) is 2.74. The molecule has 0 aliphatic carbocycles. The van der Waals surface area contributed by atoms with Gasteiger partial charge in [-0.05, 0) is 31.2 Å². The molecule has 34 heavy (non-hydrogen) atoms. The van der Waals surface area contributed by atoms with Gasteiger partial charge in [-0.3, -0.25) is 9.36 Å². The highest BCUT2D eigenvalue weighted by Crippen LogP contribution is 2.35. The van der Waals surface area contributed by atoms with Crippen molar-refractivity contribution in [1.29, 1.82) is 0 Å². The van der Waals surface area contributed by atoms with Crippen LogP contribution in [-0.4, -0.2) is 45.6 Å². The summed E-state index contributed by atoms with van der Waals surface area (Å²) in [5.41, 5.74) is 2.33. The number of hydrogen-bond acceptors (Lipinski definition) is 9. The van der Waals surface area contributed by atoms with Crippen LogP contribution in [0.3, 0.4) is 0 Å². The van der Waals surface area contributed by atoms with Gasteiger partial charge in [-0.15, -0.1) is 28.1 Å². The molecule has 0 aliphatic rings. The van der Waals surface area contributed by atoms with E-state index in [4.69, 9.17) is 13.9 Å². The molecule has 9 nitrogen and oxygen atoms in total. The maximum absolute atomic E-state index is 12.6. The van der Waals surface area contributed by atoms with E-state index in [1.54, 1.807) is 26.6 Å². The number of hydrogen-bond donors (Lipinski definition) is 1. The second kappa shape index (κ2) is 10.6. The maximum atomic E-state index is 12.6. The number of rotatable bonds is 10. The third-order valence-electron chi connectivity index (χ3n) is 4.89. The number of nitrogens with one attached hydrogen (secondary N) is 1. The van der Waals surface area contributed by atoms with Gasteiger partial charge in [0.05, 0.1) is 37.5 Å². The van der Waals surface area contributed by atoms with Gasteiger partial charge in [-0.25, -0.2) is 4.98 Å². The predicted octanol–water partition coefficient (Wildman–Crippen LogP) is 4.90. The Morgan fingerprint density at radius 3 is 2.82 bits per heavy atom. The fourth-order valence-electron chi connectivity index (χ4n) is 3.26. The fourth-order valence-corrected chi connectivity index (χ4v) is 4.73. The van der Waals surface area contributed by atoms with E-state index in [1.807, 2.05) is 41.1 Å². The van der Waals surface area contributed by atoms with E-state index in [2.05, 4.69) is 27.1 Å². The van der Waals surface area contributed by atoms with Crippen LogP contribution in [0.2, 0.25) is 0 Å². The Morgan fingerprint density at radius 2 is 2.12 bits per heavy atom. The molecule has 1 N–H and O–H groups in total. The first-order chi connectivity index (χ1) is 16.5. The molecule has 0 saturated carbocycles. The van der Waals surface area contributed by atoms with Crippen LogP contribution in [0.4, 0.5) is 5.13 Å². The molecule has 4 rings (SSSR count). The van der Waals surface area contributed by atoms with Crippen LogP contribution < -0.4 is 14.8 Å². The van der Waals surface area contributed by atoms with Crippen molar-refractivity contribution in [1.82, 2.24) is 19.7 Å². The van der Waals surface area contributed by atoms with Crippen molar-refractivity contribution in [2.45, 2.75) is 18.6 Å². The second-order valence-corrected chi connectivity index (χ2v) is 8.84. The SMILES string of the molecule is C=CCn1c(SCC(=O)Nc2nc(-c3cc(OC)ccc3OC)cs2)nnc1-c1ccoc1C. The zero-order valence-electron chi connectivity index (χ0n) is 18.9. The highest BCUT2D eigenvalue weighted by Gasteiger charge is 2.18. The number of aryl methyl sites for hydroxylation is 1. The molecule has 176 valence electrons. The molecule has 0 aliphatic heterocycles. The summed E-state index contributed by atoms with van der Waals surface area (Å²) < 4.78 is 18.0. The number of furan rings is 1. The molecule has 0 bridgehead atoms. The topological polar surface area (TPSA) is 104 Å². The third kappa shape index (κ3) is 5.00. The van der Waals surface area contributed by atoms with E-state index >= 15 is 0 Å². The lowest BCUT2D eigenvalue weighted by molar-refractivity contribution is -0.113. The zero-order chi connectivity index (χ0) is 24.1. The number of carbonyl (C=O) groups excluding carboxylic acids is 1. The smallest absolute Gasteiger partial charge is 0.236 e. The Hall–Kier alpha value is -3.57. The summed E-state index contributed by atoms with van der Waals surface area (Å²) in [4.78, 5) is 17.2. The molecule has 0 fully saturated rings. The number of benzene rings is 1. The first kappa shape index (κ1) is 23.6. The third-order valence-corrected chi connectivity index (χ3v) is 6.62. The predicted molar refractivity (Wildman–Crippen MR) is 133 cm³/mol. The Labute approximate surface area is 204 Å². The fraction of sp³-hybridized carbons (Fsp3) is 0.217. The van der Waals surface area contributed by atoms with E-state index in [0.29, 0.717) is 39.9 Å². The average Bonchev–Trinajstić information content (AvgIpc) is 3.58. The Bertz CT molecular complexity index is 1310. The monoisotopic (exact) mass is 497 g/mol. The Balaban J connectivity index is 1.44. The lowest BCUT2D eigenvalue weighted by Crippen LogP contribution is -2.14.